The van der Waals surface area contributed by atoms with Crippen LogP contribution in [0.3, 0.4) is 0 Å². The minimum atomic E-state index is -0.336. The molecule has 0 unspecified atom stereocenters. The SMILES string of the molecule is CCn1c(-c2cccnc2)nc2cc(NC(=O)COC)cc(C(=O)NCCc3ccc(F)cc3)c21. The summed E-state index contributed by atoms with van der Waals surface area (Å²) in [6, 6.07) is 13.3. The molecular formula is C26H26FN5O3. The number of carbonyl (C=O) groups is 2. The van der Waals surface area contributed by atoms with Gasteiger partial charge in [-0.1, -0.05) is 12.1 Å². The van der Waals surface area contributed by atoms with Gasteiger partial charge in [0.25, 0.3) is 5.91 Å². The zero-order valence-corrected chi connectivity index (χ0v) is 19.5. The maximum absolute atomic E-state index is 13.3. The maximum atomic E-state index is 13.3. The number of ether oxygens (including phenoxy) is 1. The maximum Gasteiger partial charge on any atom is 0.253 e. The van der Waals surface area contributed by atoms with E-state index in [1.54, 1.807) is 36.7 Å². The number of nitrogens with one attached hydrogen (secondary N) is 2. The average Bonchev–Trinajstić information content (AvgIpc) is 3.24. The molecular weight excluding hydrogens is 449 g/mol. The molecule has 0 aliphatic rings. The number of rotatable bonds is 9. The van der Waals surface area contributed by atoms with Crippen LogP contribution in [0.2, 0.25) is 0 Å². The van der Waals surface area contributed by atoms with Crippen LogP contribution in [0.25, 0.3) is 22.4 Å². The van der Waals surface area contributed by atoms with Crippen molar-refractivity contribution in [3.05, 3.63) is 77.9 Å². The zero-order chi connectivity index (χ0) is 24.8. The van der Waals surface area contributed by atoms with Gasteiger partial charge in [0.2, 0.25) is 5.91 Å². The molecule has 0 radical (unpaired) electrons. The highest BCUT2D eigenvalue weighted by Gasteiger charge is 2.20. The van der Waals surface area contributed by atoms with Gasteiger partial charge in [0.05, 0.1) is 16.6 Å². The van der Waals surface area contributed by atoms with E-state index in [9.17, 15) is 14.0 Å². The van der Waals surface area contributed by atoms with Gasteiger partial charge in [0.15, 0.2) is 0 Å². The number of aryl methyl sites for hydroxylation is 1. The van der Waals surface area contributed by atoms with E-state index in [1.165, 1.54) is 19.2 Å². The number of halogens is 1. The average molecular weight is 476 g/mol. The van der Waals surface area contributed by atoms with E-state index in [4.69, 9.17) is 9.72 Å². The molecule has 0 aliphatic heterocycles. The Morgan fingerprint density at radius 2 is 1.94 bits per heavy atom. The summed E-state index contributed by atoms with van der Waals surface area (Å²) in [5.74, 6) is -0.259. The number of carbonyl (C=O) groups excluding carboxylic acids is 2. The van der Waals surface area contributed by atoms with Gasteiger partial charge in [-0.15, -0.1) is 0 Å². The van der Waals surface area contributed by atoms with Gasteiger partial charge in [-0.2, -0.15) is 0 Å². The molecule has 0 spiro atoms. The second-order valence-corrected chi connectivity index (χ2v) is 7.93. The van der Waals surface area contributed by atoms with Crippen molar-refractivity contribution < 1.29 is 18.7 Å². The van der Waals surface area contributed by atoms with Crippen molar-refractivity contribution in [2.75, 3.05) is 25.6 Å². The first-order valence-corrected chi connectivity index (χ1v) is 11.3. The summed E-state index contributed by atoms with van der Waals surface area (Å²) in [4.78, 5) is 34.4. The lowest BCUT2D eigenvalue weighted by atomic mass is 10.1. The molecule has 0 saturated heterocycles. The van der Waals surface area contributed by atoms with Crippen LogP contribution in [-0.2, 0) is 22.5 Å². The lowest BCUT2D eigenvalue weighted by Crippen LogP contribution is -2.26. The number of nitrogens with zero attached hydrogens (tertiary/aromatic N) is 3. The summed E-state index contributed by atoms with van der Waals surface area (Å²) in [6.07, 6.45) is 3.95. The van der Waals surface area contributed by atoms with Crippen molar-refractivity contribution >= 4 is 28.5 Å². The molecule has 2 heterocycles. The Hall–Kier alpha value is -4.11. The van der Waals surface area contributed by atoms with Gasteiger partial charge in [0.1, 0.15) is 18.2 Å². The quantitative estimate of drug-likeness (QED) is 0.384. The van der Waals surface area contributed by atoms with Crippen molar-refractivity contribution in [3.63, 3.8) is 0 Å². The summed E-state index contributed by atoms with van der Waals surface area (Å²) < 4.78 is 20.0. The Morgan fingerprint density at radius 3 is 2.63 bits per heavy atom. The summed E-state index contributed by atoms with van der Waals surface area (Å²) in [7, 11) is 1.44. The van der Waals surface area contributed by atoms with Crippen molar-refractivity contribution in [2.45, 2.75) is 19.9 Å². The molecule has 2 amide bonds. The van der Waals surface area contributed by atoms with Gasteiger partial charge in [-0.25, -0.2) is 9.37 Å². The number of imidazole rings is 1. The minimum Gasteiger partial charge on any atom is -0.375 e. The fourth-order valence-electron chi connectivity index (χ4n) is 3.93. The highest BCUT2D eigenvalue weighted by molar-refractivity contribution is 6.08. The van der Waals surface area contributed by atoms with Crippen LogP contribution in [0.5, 0.6) is 0 Å². The Labute approximate surface area is 202 Å². The largest absolute Gasteiger partial charge is 0.375 e. The molecule has 2 aromatic heterocycles. The normalized spacial score (nSPS) is 10.9. The van der Waals surface area contributed by atoms with Crippen molar-refractivity contribution in [2.24, 2.45) is 0 Å². The van der Waals surface area contributed by atoms with Crippen LogP contribution in [0.15, 0.2) is 60.9 Å². The Kier molecular flexibility index (Phi) is 7.47. The fourth-order valence-corrected chi connectivity index (χ4v) is 3.93. The van der Waals surface area contributed by atoms with Crippen molar-refractivity contribution in [1.29, 1.82) is 0 Å². The predicted molar refractivity (Wildman–Crippen MR) is 132 cm³/mol. The Balaban J connectivity index is 1.70. The van der Waals surface area contributed by atoms with Gasteiger partial charge in [-0.3, -0.25) is 14.6 Å². The molecule has 8 nitrogen and oxygen atoms in total. The molecule has 4 aromatic rings. The summed E-state index contributed by atoms with van der Waals surface area (Å²) in [5.41, 5.74) is 3.80. The predicted octanol–water partition coefficient (Wildman–Crippen LogP) is 3.81. The standard InChI is InChI=1S/C26H26FN5O3/c1-3-32-24-21(26(34)29-12-10-17-6-8-19(27)9-7-17)13-20(30-23(33)16-35-2)14-22(24)31-25(32)18-5-4-11-28-15-18/h4-9,11,13-15H,3,10,12,16H2,1-2H3,(H,29,34)(H,30,33). The van der Waals surface area contributed by atoms with Gasteiger partial charge >= 0.3 is 0 Å². The number of anilines is 1. The first kappa shape index (κ1) is 24.0. The fraction of sp³-hybridized carbons (Fsp3) is 0.231. The molecule has 4 rings (SSSR count). The van der Waals surface area contributed by atoms with Crippen LogP contribution in [0, 0.1) is 5.82 Å². The van der Waals surface area contributed by atoms with E-state index >= 15 is 0 Å². The van der Waals surface area contributed by atoms with Gasteiger partial charge < -0.3 is 19.9 Å². The Morgan fingerprint density at radius 1 is 1.14 bits per heavy atom. The molecule has 2 N–H and O–H groups in total. The molecule has 2 aromatic carbocycles. The second-order valence-electron chi connectivity index (χ2n) is 7.93. The lowest BCUT2D eigenvalue weighted by molar-refractivity contribution is -0.119. The summed E-state index contributed by atoms with van der Waals surface area (Å²) in [5, 5.41) is 5.70. The van der Waals surface area contributed by atoms with E-state index in [0.717, 1.165) is 11.1 Å². The van der Waals surface area contributed by atoms with Crippen LogP contribution >= 0.6 is 0 Å². The number of pyridine rings is 1. The topological polar surface area (TPSA) is 98.1 Å². The second kappa shape index (κ2) is 10.9. The summed E-state index contributed by atoms with van der Waals surface area (Å²) >= 11 is 0. The van der Waals surface area contributed by atoms with Crippen molar-refractivity contribution in [3.8, 4) is 11.4 Å². The molecule has 0 saturated carbocycles. The number of fused-ring (bicyclic) bond motifs is 1. The molecule has 9 heteroatoms. The molecule has 0 atom stereocenters. The van der Waals surface area contributed by atoms with Crippen LogP contribution in [0.4, 0.5) is 10.1 Å². The number of benzene rings is 2. The van der Waals surface area contributed by atoms with Gasteiger partial charge in [-0.05, 0) is 55.3 Å². The van der Waals surface area contributed by atoms with E-state index in [0.29, 0.717) is 47.6 Å². The molecule has 0 aliphatic carbocycles. The third-order valence-electron chi connectivity index (χ3n) is 5.49. The van der Waals surface area contributed by atoms with E-state index in [-0.39, 0.29) is 24.2 Å². The monoisotopic (exact) mass is 475 g/mol. The van der Waals surface area contributed by atoms with Crippen LogP contribution in [-0.4, -0.2) is 46.6 Å². The van der Waals surface area contributed by atoms with Crippen LogP contribution in [0.1, 0.15) is 22.8 Å². The first-order chi connectivity index (χ1) is 17.0. The van der Waals surface area contributed by atoms with Crippen molar-refractivity contribution in [1.82, 2.24) is 19.9 Å². The van der Waals surface area contributed by atoms with Crippen LogP contribution < -0.4 is 10.6 Å². The molecule has 180 valence electrons. The number of methoxy groups -OCH3 is 1. The Bertz CT molecular complexity index is 1340. The highest BCUT2D eigenvalue weighted by Crippen LogP contribution is 2.30. The highest BCUT2D eigenvalue weighted by atomic mass is 19.1. The molecule has 35 heavy (non-hydrogen) atoms. The van der Waals surface area contributed by atoms with E-state index in [1.807, 2.05) is 23.6 Å². The minimum absolute atomic E-state index is 0.110. The number of amides is 2. The first-order valence-electron chi connectivity index (χ1n) is 11.3. The summed E-state index contributed by atoms with van der Waals surface area (Å²) in [6.45, 7) is 2.81. The zero-order valence-electron chi connectivity index (χ0n) is 19.5. The third kappa shape index (κ3) is 5.52. The number of hydrogen-bond donors (Lipinski definition) is 2. The number of aromatic nitrogens is 3. The number of hydrogen-bond acceptors (Lipinski definition) is 5. The lowest BCUT2D eigenvalue weighted by Gasteiger charge is -2.12. The molecule has 0 bridgehead atoms. The van der Waals surface area contributed by atoms with Gasteiger partial charge in [0, 0.05) is 43.8 Å². The smallest absolute Gasteiger partial charge is 0.253 e. The van der Waals surface area contributed by atoms with E-state index in [2.05, 4.69) is 15.6 Å². The molecule has 0 fully saturated rings. The van der Waals surface area contributed by atoms with E-state index < -0.39 is 0 Å². The third-order valence-corrected chi connectivity index (χ3v) is 5.49.